The molecule has 8 atom stereocenters. The van der Waals surface area contributed by atoms with Crippen LogP contribution in [0.25, 0.3) is 0 Å². The quantitative estimate of drug-likeness (QED) is 0.0132. The summed E-state index contributed by atoms with van der Waals surface area (Å²) in [7, 11) is -9.79. The van der Waals surface area contributed by atoms with Crippen LogP contribution in [0, 0.1) is 11.8 Å². The van der Waals surface area contributed by atoms with Gasteiger partial charge in [0.15, 0.2) is 6.10 Å². The molecule has 0 spiro atoms. The van der Waals surface area contributed by atoms with Gasteiger partial charge in [-0.05, 0) is 70.1 Å². The molecule has 0 aliphatic heterocycles. The molecule has 0 saturated heterocycles. The van der Waals surface area contributed by atoms with Crippen LogP contribution >= 0.6 is 15.6 Å². The molecule has 1 unspecified atom stereocenters. The lowest BCUT2D eigenvalue weighted by Gasteiger charge is -2.20. The molecule has 16 nitrogen and oxygen atoms in total. The van der Waals surface area contributed by atoms with Crippen LogP contribution < -0.4 is 0 Å². The lowest BCUT2D eigenvalue weighted by Crippen LogP contribution is -2.29. The third kappa shape index (κ3) is 33.2. The van der Waals surface area contributed by atoms with Gasteiger partial charge in [0, 0.05) is 25.2 Å². The molecule has 0 bridgehead atoms. The third-order valence-electron chi connectivity index (χ3n) is 10.4. The predicted octanol–water partition coefficient (Wildman–Crippen LogP) is 8.39. The number of carbonyl (C=O) groups excluding carboxylic acids is 2. The summed E-state index contributed by atoms with van der Waals surface area (Å²) in [4.78, 5) is 52.9. The van der Waals surface area contributed by atoms with Crippen molar-refractivity contribution < 1.29 is 76.9 Å². The zero-order chi connectivity index (χ0) is 47.5. The molecule has 1 aliphatic carbocycles. The van der Waals surface area contributed by atoms with Crippen molar-refractivity contribution in [3.63, 3.8) is 0 Å². The third-order valence-corrected chi connectivity index (χ3v) is 11.9. The van der Waals surface area contributed by atoms with E-state index in [0.29, 0.717) is 38.5 Å². The number of hydrogen-bond acceptors (Lipinski definition) is 13. The fraction of sp³-hybridized carbons (Fsp3) is 0.739. The molecule has 1 saturated carbocycles. The van der Waals surface area contributed by atoms with Crippen molar-refractivity contribution in [3.05, 3.63) is 60.8 Å². The number of ether oxygens (including phenoxy) is 2. The van der Waals surface area contributed by atoms with Crippen LogP contribution in [0.15, 0.2) is 60.8 Å². The Morgan fingerprint density at radius 2 is 1.19 bits per heavy atom. The van der Waals surface area contributed by atoms with Crippen LogP contribution in [-0.4, -0.2) is 104 Å². The Labute approximate surface area is 381 Å². The van der Waals surface area contributed by atoms with Gasteiger partial charge in [-0.3, -0.25) is 23.2 Å². The Hall–Kier alpha value is -2.30. The van der Waals surface area contributed by atoms with E-state index in [1.807, 2.05) is 30.4 Å². The predicted molar refractivity (Wildman–Crippen MR) is 246 cm³/mol. The first-order valence-electron chi connectivity index (χ1n) is 23.2. The summed E-state index contributed by atoms with van der Waals surface area (Å²) in [6.07, 6.45) is 31.7. The molecule has 0 aromatic heterocycles. The molecule has 1 rings (SSSR count). The molecule has 7 N–H and O–H groups in total. The van der Waals surface area contributed by atoms with Crippen LogP contribution in [-0.2, 0) is 41.8 Å². The Morgan fingerprint density at radius 1 is 0.641 bits per heavy atom. The smallest absolute Gasteiger partial charge is 0.462 e. The Bertz CT molecular complexity index is 1480. The molecule has 64 heavy (non-hydrogen) atoms. The first-order chi connectivity index (χ1) is 30.6. The van der Waals surface area contributed by atoms with Gasteiger partial charge in [0.2, 0.25) is 0 Å². The second-order valence-corrected chi connectivity index (χ2v) is 19.0. The molecule has 0 aromatic rings. The number of aliphatic hydroxyl groups excluding tert-OH is 4. The topological polar surface area (TPSA) is 256 Å². The molecule has 0 aromatic carbocycles. The van der Waals surface area contributed by atoms with E-state index in [2.05, 4.69) is 47.2 Å². The Kier molecular flexibility index (Phi) is 34.3. The summed E-state index contributed by atoms with van der Waals surface area (Å²) in [6.45, 7) is 1.32. The van der Waals surface area contributed by atoms with Crippen molar-refractivity contribution in [1.82, 2.24) is 0 Å². The molecule has 0 radical (unpaired) electrons. The van der Waals surface area contributed by atoms with E-state index >= 15 is 0 Å². The molecule has 370 valence electrons. The van der Waals surface area contributed by atoms with Crippen LogP contribution in [0.2, 0.25) is 0 Å². The number of hydrogen-bond donors (Lipinski definition) is 7. The minimum atomic E-state index is -4.90. The molecule has 1 aliphatic rings. The standard InChI is InChI=1S/C46H80O16P2/c1-3-5-7-8-9-10-11-12-13-14-15-16-17-18-19-20-26-30-46(52)62-40(37-61-64(56,57)60-35-39(48)34-59-63(53,54)55)36-58-45(51)29-25-22-21-24-28-41-42(44(50)33-43(41)49)32-31-38(47)27-23-6-4-2/h12-13,15-16,18-19,21,24,31-32,38-44,47-50H,3-11,14,17,20,22-23,25-30,33-37H2,1-2H3,(H,56,57)(H2,53,54,55)/b13-12-,16-15-,19-18-,24-21+,32-31+/t38-,39-,40+,41+,42+,43-,44+/m0/s1. The van der Waals surface area contributed by atoms with Crippen LogP contribution in [0.4, 0.5) is 0 Å². The minimum Gasteiger partial charge on any atom is -0.462 e. The van der Waals surface area contributed by atoms with Crippen LogP contribution in [0.1, 0.15) is 149 Å². The maximum atomic E-state index is 12.7. The van der Waals surface area contributed by atoms with Gasteiger partial charge in [0.05, 0.1) is 38.1 Å². The molecule has 18 heteroatoms. The first-order valence-corrected chi connectivity index (χ1v) is 26.3. The lowest BCUT2D eigenvalue weighted by molar-refractivity contribution is -0.161. The van der Waals surface area contributed by atoms with Gasteiger partial charge in [-0.15, -0.1) is 0 Å². The monoisotopic (exact) mass is 950 g/mol. The molecule has 0 amide bonds. The zero-order valence-corrected chi connectivity index (χ0v) is 40.0. The SMILES string of the molecule is CCCCCCCC/C=C\C/C=C\C/C=C\CCCC(=O)O[C@H](COC(=O)CCC/C=C/C[C@@H]1[C@@H](/C=C/[C@@H](O)CCCCC)[C@H](O)C[C@@H]1O)COP(=O)(O)OC[C@@H](O)COP(=O)(O)O. The van der Waals surface area contributed by atoms with Gasteiger partial charge in [-0.1, -0.05) is 126 Å². The Morgan fingerprint density at radius 3 is 1.84 bits per heavy atom. The van der Waals surface area contributed by atoms with Crippen molar-refractivity contribution in [3.8, 4) is 0 Å². The highest BCUT2D eigenvalue weighted by atomic mass is 31.2. The largest absolute Gasteiger partial charge is 0.472 e. The molecular formula is C46H80O16P2. The van der Waals surface area contributed by atoms with Crippen molar-refractivity contribution in [2.75, 3.05) is 26.4 Å². The van der Waals surface area contributed by atoms with E-state index in [-0.39, 0.29) is 31.1 Å². The molecular weight excluding hydrogens is 870 g/mol. The van der Waals surface area contributed by atoms with Crippen molar-refractivity contribution in [1.29, 1.82) is 0 Å². The summed E-state index contributed by atoms with van der Waals surface area (Å²) in [5.74, 6) is -1.78. The van der Waals surface area contributed by atoms with Crippen molar-refractivity contribution in [2.24, 2.45) is 11.8 Å². The number of allylic oxidation sites excluding steroid dienone is 8. The van der Waals surface area contributed by atoms with E-state index in [0.717, 1.165) is 38.5 Å². The van der Waals surface area contributed by atoms with Gasteiger partial charge in [0.1, 0.15) is 12.7 Å². The minimum absolute atomic E-state index is 0.00552. The number of phosphoric ester groups is 2. The number of unbranched alkanes of at least 4 members (excludes halogenated alkanes) is 10. The first kappa shape index (κ1) is 59.7. The number of carbonyl (C=O) groups is 2. The highest BCUT2D eigenvalue weighted by Crippen LogP contribution is 2.44. The van der Waals surface area contributed by atoms with Gasteiger partial charge in [0.25, 0.3) is 0 Å². The normalized spacial score (nSPS) is 20.8. The zero-order valence-electron chi connectivity index (χ0n) is 38.2. The van der Waals surface area contributed by atoms with E-state index in [1.165, 1.54) is 38.5 Å². The molecule has 1 fully saturated rings. The number of rotatable bonds is 39. The van der Waals surface area contributed by atoms with E-state index in [4.69, 9.17) is 23.8 Å². The number of phosphoric acid groups is 2. The summed E-state index contributed by atoms with van der Waals surface area (Å²) >= 11 is 0. The second-order valence-electron chi connectivity index (χ2n) is 16.3. The van der Waals surface area contributed by atoms with Crippen molar-refractivity contribution >= 4 is 27.6 Å². The van der Waals surface area contributed by atoms with E-state index in [9.17, 15) is 44.0 Å². The summed E-state index contributed by atoms with van der Waals surface area (Å²) in [6, 6.07) is 0. The highest BCUT2D eigenvalue weighted by Gasteiger charge is 2.39. The molecule has 0 heterocycles. The Balaban J connectivity index is 2.59. The number of aliphatic hydroxyl groups is 4. The van der Waals surface area contributed by atoms with E-state index in [1.54, 1.807) is 6.08 Å². The van der Waals surface area contributed by atoms with E-state index < -0.39 is 84.5 Å². The average Bonchev–Trinajstić information content (AvgIpc) is 3.51. The second kappa shape index (κ2) is 36.8. The maximum absolute atomic E-state index is 12.7. The number of esters is 2. The van der Waals surface area contributed by atoms with Gasteiger partial charge >= 0.3 is 27.6 Å². The fourth-order valence-corrected chi connectivity index (χ4v) is 7.98. The van der Waals surface area contributed by atoms with Gasteiger partial charge in [-0.2, -0.15) is 0 Å². The summed E-state index contributed by atoms with van der Waals surface area (Å²) < 4.78 is 47.8. The van der Waals surface area contributed by atoms with Crippen molar-refractivity contribution in [2.45, 2.75) is 179 Å². The summed E-state index contributed by atoms with van der Waals surface area (Å²) in [5, 5.41) is 41.1. The van der Waals surface area contributed by atoms with Crippen LogP contribution in [0.3, 0.4) is 0 Å². The fourth-order valence-electron chi connectivity index (χ4n) is 6.83. The van der Waals surface area contributed by atoms with Gasteiger partial charge < -0.3 is 44.6 Å². The summed E-state index contributed by atoms with van der Waals surface area (Å²) in [5.41, 5.74) is 0. The van der Waals surface area contributed by atoms with Gasteiger partial charge in [-0.25, -0.2) is 9.13 Å². The maximum Gasteiger partial charge on any atom is 0.472 e. The average molecular weight is 951 g/mol. The highest BCUT2D eigenvalue weighted by molar-refractivity contribution is 7.47. The lowest BCUT2D eigenvalue weighted by atomic mass is 9.89. The van der Waals surface area contributed by atoms with Crippen LogP contribution in [0.5, 0.6) is 0 Å².